The fourth-order valence-electron chi connectivity index (χ4n) is 0.665. The molecule has 0 saturated heterocycles. The molecule has 0 saturated carbocycles. The van der Waals surface area contributed by atoms with Crippen molar-refractivity contribution in [3.8, 4) is 0 Å². The van der Waals surface area contributed by atoms with E-state index in [1.807, 2.05) is 0 Å². The first-order chi connectivity index (χ1) is 5.04. The van der Waals surface area contributed by atoms with Crippen molar-refractivity contribution in [1.82, 2.24) is 0 Å². The SMILES string of the molecule is C=CC1COC(C(Cl)(Cl)Cl)=N1. The van der Waals surface area contributed by atoms with Crippen LogP contribution in [0.5, 0.6) is 0 Å². The number of nitrogens with zero attached hydrogens (tertiary/aromatic N) is 1. The normalized spacial score (nSPS) is 24.3. The number of hydrogen-bond acceptors (Lipinski definition) is 2. The molecule has 2 nitrogen and oxygen atoms in total. The average Bonchev–Trinajstić information content (AvgIpc) is 2.32. The van der Waals surface area contributed by atoms with E-state index in [1.54, 1.807) is 6.08 Å². The molecule has 5 heteroatoms. The largest absolute Gasteiger partial charge is 0.475 e. The number of hydrogen-bond donors (Lipinski definition) is 0. The molecule has 0 aliphatic carbocycles. The maximum atomic E-state index is 5.50. The smallest absolute Gasteiger partial charge is 0.266 e. The fraction of sp³-hybridized carbons (Fsp3) is 0.500. The number of alkyl halides is 3. The number of rotatable bonds is 1. The molecule has 11 heavy (non-hydrogen) atoms. The van der Waals surface area contributed by atoms with Crippen molar-refractivity contribution in [2.75, 3.05) is 6.61 Å². The number of ether oxygens (including phenoxy) is 1. The van der Waals surface area contributed by atoms with E-state index in [4.69, 9.17) is 39.5 Å². The third kappa shape index (κ3) is 2.26. The van der Waals surface area contributed by atoms with Gasteiger partial charge in [0, 0.05) is 0 Å². The van der Waals surface area contributed by atoms with Crippen LogP contribution < -0.4 is 0 Å². The lowest BCUT2D eigenvalue weighted by Crippen LogP contribution is -2.18. The van der Waals surface area contributed by atoms with Crippen LogP contribution in [0.2, 0.25) is 0 Å². The summed E-state index contributed by atoms with van der Waals surface area (Å²) in [5.41, 5.74) is 0. The molecule has 0 aromatic carbocycles. The lowest BCUT2D eigenvalue weighted by atomic mass is 10.3. The highest BCUT2D eigenvalue weighted by Gasteiger charge is 2.34. The highest BCUT2D eigenvalue weighted by Crippen LogP contribution is 2.31. The van der Waals surface area contributed by atoms with Gasteiger partial charge in [0.25, 0.3) is 3.79 Å². The van der Waals surface area contributed by atoms with E-state index in [-0.39, 0.29) is 11.9 Å². The van der Waals surface area contributed by atoms with E-state index in [0.29, 0.717) is 6.61 Å². The van der Waals surface area contributed by atoms with Crippen LogP contribution in [0.25, 0.3) is 0 Å². The average molecular weight is 214 g/mol. The minimum Gasteiger partial charge on any atom is -0.475 e. The van der Waals surface area contributed by atoms with Crippen LogP contribution in [0.4, 0.5) is 0 Å². The van der Waals surface area contributed by atoms with Gasteiger partial charge >= 0.3 is 0 Å². The first kappa shape index (κ1) is 9.17. The molecule has 62 valence electrons. The molecular formula is C6H6Cl3NO. The summed E-state index contributed by atoms with van der Waals surface area (Å²) in [5, 5.41) is 0. The van der Waals surface area contributed by atoms with Crippen LogP contribution in [-0.4, -0.2) is 22.3 Å². The van der Waals surface area contributed by atoms with Crippen LogP contribution in [-0.2, 0) is 4.74 Å². The maximum absolute atomic E-state index is 5.50. The summed E-state index contributed by atoms with van der Waals surface area (Å²) in [6, 6.07) is -0.0828. The molecule has 1 aliphatic heterocycles. The van der Waals surface area contributed by atoms with Crippen LogP contribution in [0, 0.1) is 0 Å². The Balaban J connectivity index is 2.69. The number of halogens is 3. The molecule has 0 fully saturated rings. The molecule has 0 aromatic rings. The second-order valence-electron chi connectivity index (χ2n) is 2.05. The quantitative estimate of drug-likeness (QED) is 0.485. The van der Waals surface area contributed by atoms with Gasteiger partial charge in [-0.05, 0) is 0 Å². The molecule has 0 amide bonds. The minimum absolute atomic E-state index is 0.0828. The molecular weight excluding hydrogens is 208 g/mol. The van der Waals surface area contributed by atoms with Crippen molar-refractivity contribution in [3.05, 3.63) is 12.7 Å². The maximum Gasteiger partial charge on any atom is 0.266 e. The number of aliphatic imine (C=N–C) groups is 1. The third-order valence-electron chi connectivity index (χ3n) is 1.19. The van der Waals surface area contributed by atoms with Gasteiger partial charge in [-0.25, -0.2) is 4.99 Å². The molecule has 0 N–H and O–H groups in total. The summed E-state index contributed by atoms with van der Waals surface area (Å²) >= 11 is 16.5. The Labute approximate surface area is 79.8 Å². The van der Waals surface area contributed by atoms with E-state index in [0.717, 1.165) is 0 Å². The standard InChI is InChI=1S/C6H6Cl3NO/c1-2-4-3-11-5(10-4)6(7,8)9/h2,4H,1,3H2. The summed E-state index contributed by atoms with van der Waals surface area (Å²) in [6.07, 6.45) is 1.64. The van der Waals surface area contributed by atoms with Crippen LogP contribution in [0.3, 0.4) is 0 Å². The second-order valence-corrected chi connectivity index (χ2v) is 4.33. The Morgan fingerprint density at radius 3 is 2.55 bits per heavy atom. The van der Waals surface area contributed by atoms with E-state index < -0.39 is 3.79 Å². The van der Waals surface area contributed by atoms with Gasteiger partial charge in [-0.2, -0.15) is 0 Å². The van der Waals surface area contributed by atoms with Crippen LogP contribution in [0.1, 0.15) is 0 Å². The summed E-state index contributed by atoms with van der Waals surface area (Å²) in [7, 11) is 0. The first-order valence-corrected chi connectivity index (χ1v) is 4.08. The topological polar surface area (TPSA) is 21.6 Å². The van der Waals surface area contributed by atoms with Gasteiger partial charge in [-0.1, -0.05) is 40.9 Å². The van der Waals surface area contributed by atoms with Crippen molar-refractivity contribution in [1.29, 1.82) is 0 Å². The fourth-order valence-corrected chi connectivity index (χ4v) is 0.975. The predicted octanol–water partition coefficient (Wildman–Crippen LogP) is 2.34. The zero-order valence-corrected chi connectivity index (χ0v) is 7.83. The summed E-state index contributed by atoms with van der Waals surface area (Å²) in [4.78, 5) is 3.96. The Hall–Kier alpha value is 0.0800. The van der Waals surface area contributed by atoms with E-state index in [1.165, 1.54) is 0 Å². The lowest BCUT2D eigenvalue weighted by molar-refractivity contribution is 0.326. The van der Waals surface area contributed by atoms with Crippen molar-refractivity contribution in [2.24, 2.45) is 4.99 Å². The summed E-state index contributed by atoms with van der Waals surface area (Å²) in [5.74, 6) is 0.146. The lowest BCUT2D eigenvalue weighted by Gasteiger charge is -2.08. The minimum atomic E-state index is -1.54. The van der Waals surface area contributed by atoms with Crippen molar-refractivity contribution >= 4 is 40.7 Å². The Morgan fingerprint density at radius 2 is 2.27 bits per heavy atom. The molecule has 0 aromatic heterocycles. The monoisotopic (exact) mass is 213 g/mol. The highest BCUT2D eigenvalue weighted by atomic mass is 35.6. The molecule has 1 atom stereocenters. The van der Waals surface area contributed by atoms with Crippen molar-refractivity contribution in [3.63, 3.8) is 0 Å². The first-order valence-electron chi connectivity index (χ1n) is 2.94. The zero-order valence-electron chi connectivity index (χ0n) is 5.56. The molecule has 1 aliphatic rings. The predicted molar refractivity (Wildman–Crippen MR) is 47.7 cm³/mol. The van der Waals surface area contributed by atoms with Gasteiger partial charge in [0.2, 0.25) is 5.90 Å². The van der Waals surface area contributed by atoms with Gasteiger partial charge in [0.15, 0.2) is 0 Å². The highest BCUT2D eigenvalue weighted by molar-refractivity contribution is 6.76. The van der Waals surface area contributed by atoms with Gasteiger partial charge in [-0.15, -0.1) is 6.58 Å². The molecule has 1 unspecified atom stereocenters. The molecule has 1 heterocycles. The molecule has 0 bridgehead atoms. The van der Waals surface area contributed by atoms with Crippen LogP contribution >= 0.6 is 34.8 Å². The van der Waals surface area contributed by atoms with Crippen molar-refractivity contribution in [2.45, 2.75) is 9.83 Å². The van der Waals surface area contributed by atoms with Gasteiger partial charge < -0.3 is 4.74 Å². The second kappa shape index (κ2) is 3.21. The molecule has 0 radical (unpaired) electrons. The molecule has 0 spiro atoms. The molecule has 1 rings (SSSR count). The Morgan fingerprint density at radius 1 is 1.64 bits per heavy atom. The third-order valence-corrected chi connectivity index (χ3v) is 1.67. The van der Waals surface area contributed by atoms with Crippen molar-refractivity contribution < 1.29 is 4.74 Å². The van der Waals surface area contributed by atoms with E-state index >= 15 is 0 Å². The van der Waals surface area contributed by atoms with E-state index in [2.05, 4.69) is 11.6 Å². The van der Waals surface area contributed by atoms with Gasteiger partial charge in [-0.3, -0.25) is 0 Å². The van der Waals surface area contributed by atoms with E-state index in [9.17, 15) is 0 Å². The zero-order chi connectivity index (χ0) is 8.48. The van der Waals surface area contributed by atoms with Gasteiger partial charge in [0.05, 0.1) is 0 Å². The summed E-state index contributed by atoms with van der Waals surface area (Å²) in [6.45, 7) is 3.95. The van der Waals surface area contributed by atoms with Crippen LogP contribution in [0.15, 0.2) is 17.6 Å². The Kier molecular flexibility index (Phi) is 2.68. The van der Waals surface area contributed by atoms with Gasteiger partial charge in [0.1, 0.15) is 12.6 Å². The summed E-state index contributed by atoms with van der Waals surface area (Å²) < 4.78 is 3.46. The Bertz CT molecular complexity index is 196.